The molecule has 4 nitrogen and oxygen atoms in total. The van der Waals surface area contributed by atoms with Gasteiger partial charge in [-0.15, -0.1) is 0 Å². The number of aromatic amines is 1. The molecule has 0 saturated heterocycles. The molecule has 0 saturated carbocycles. The molecule has 1 amide bonds. The number of hydrogen-bond donors (Lipinski definition) is 2. The SMILES string of the molecule is CCCc1[nH]nc(-c2ccc(C)cc2C)c1NC(=O)c1ccc(C(F)(F)F)cc1. The van der Waals surface area contributed by atoms with Crippen molar-refractivity contribution < 1.29 is 18.0 Å². The summed E-state index contributed by atoms with van der Waals surface area (Å²) in [7, 11) is 0. The van der Waals surface area contributed by atoms with Crippen molar-refractivity contribution in [3.63, 3.8) is 0 Å². The summed E-state index contributed by atoms with van der Waals surface area (Å²) in [6, 6.07) is 10.1. The number of benzene rings is 2. The van der Waals surface area contributed by atoms with Gasteiger partial charge in [0.15, 0.2) is 0 Å². The average Bonchev–Trinajstić information content (AvgIpc) is 3.04. The molecule has 0 aliphatic carbocycles. The van der Waals surface area contributed by atoms with Crippen LogP contribution in [0.1, 0.15) is 46.1 Å². The van der Waals surface area contributed by atoms with Crippen LogP contribution in [0.15, 0.2) is 42.5 Å². The van der Waals surface area contributed by atoms with Gasteiger partial charge in [-0.2, -0.15) is 18.3 Å². The van der Waals surface area contributed by atoms with E-state index in [9.17, 15) is 18.0 Å². The Hall–Kier alpha value is -3.09. The normalized spacial score (nSPS) is 11.5. The lowest BCUT2D eigenvalue weighted by Gasteiger charge is -2.11. The Morgan fingerprint density at radius 2 is 1.79 bits per heavy atom. The van der Waals surface area contributed by atoms with E-state index in [-0.39, 0.29) is 5.56 Å². The molecule has 2 N–H and O–H groups in total. The first-order valence-corrected chi connectivity index (χ1v) is 9.34. The fraction of sp³-hybridized carbons (Fsp3) is 0.273. The number of halogens is 3. The highest BCUT2D eigenvalue weighted by Gasteiger charge is 2.30. The van der Waals surface area contributed by atoms with Crippen LogP contribution < -0.4 is 5.32 Å². The maximum atomic E-state index is 12.8. The Balaban J connectivity index is 1.95. The second-order valence-electron chi connectivity index (χ2n) is 7.02. The third-order valence-electron chi connectivity index (χ3n) is 4.69. The molecule has 3 rings (SSSR count). The molecule has 2 aromatic carbocycles. The van der Waals surface area contributed by atoms with Crippen molar-refractivity contribution in [2.24, 2.45) is 0 Å². The molecule has 7 heteroatoms. The van der Waals surface area contributed by atoms with Gasteiger partial charge in [0.25, 0.3) is 5.91 Å². The van der Waals surface area contributed by atoms with E-state index in [4.69, 9.17) is 0 Å². The summed E-state index contributed by atoms with van der Waals surface area (Å²) in [5.74, 6) is -0.483. The summed E-state index contributed by atoms with van der Waals surface area (Å²) in [5.41, 5.74) is 4.33. The number of nitrogens with zero attached hydrogens (tertiary/aromatic N) is 1. The van der Waals surface area contributed by atoms with E-state index in [1.165, 1.54) is 12.1 Å². The minimum atomic E-state index is -4.44. The summed E-state index contributed by atoms with van der Waals surface area (Å²) in [5, 5.41) is 10.2. The van der Waals surface area contributed by atoms with Gasteiger partial charge in [0, 0.05) is 11.1 Å². The molecule has 1 aromatic heterocycles. The number of carbonyl (C=O) groups is 1. The Bertz CT molecular complexity index is 1020. The number of aromatic nitrogens is 2. The van der Waals surface area contributed by atoms with Gasteiger partial charge < -0.3 is 5.32 Å². The minimum absolute atomic E-state index is 0.147. The third-order valence-corrected chi connectivity index (χ3v) is 4.69. The molecule has 0 aliphatic rings. The number of anilines is 1. The summed E-state index contributed by atoms with van der Waals surface area (Å²) < 4.78 is 38.3. The predicted octanol–water partition coefficient (Wildman–Crippen LogP) is 5.92. The van der Waals surface area contributed by atoms with Crippen LogP contribution in [0, 0.1) is 13.8 Å². The van der Waals surface area contributed by atoms with Crippen LogP contribution in [0.25, 0.3) is 11.3 Å². The van der Waals surface area contributed by atoms with E-state index in [1.807, 2.05) is 39.0 Å². The molecule has 3 aromatic rings. The lowest BCUT2D eigenvalue weighted by atomic mass is 10.0. The zero-order valence-corrected chi connectivity index (χ0v) is 16.4. The fourth-order valence-electron chi connectivity index (χ4n) is 3.21. The van der Waals surface area contributed by atoms with E-state index in [0.29, 0.717) is 17.8 Å². The number of alkyl halides is 3. The summed E-state index contributed by atoms with van der Waals surface area (Å²) >= 11 is 0. The summed E-state index contributed by atoms with van der Waals surface area (Å²) in [6.07, 6.45) is -2.91. The Kier molecular flexibility index (Phi) is 5.77. The van der Waals surface area contributed by atoms with Crippen LogP contribution in [-0.2, 0) is 12.6 Å². The van der Waals surface area contributed by atoms with Crippen LogP contribution in [0.4, 0.5) is 18.9 Å². The van der Waals surface area contributed by atoms with Gasteiger partial charge >= 0.3 is 6.18 Å². The zero-order chi connectivity index (χ0) is 21.2. The topological polar surface area (TPSA) is 57.8 Å². The van der Waals surface area contributed by atoms with Crippen molar-refractivity contribution >= 4 is 11.6 Å². The number of carbonyl (C=O) groups excluding carboxylic acids is 1. The van der Waals surface area contributed by atoms with Gasteiger partial charge in [-0.3, -0.25) is 9.89 Å². The maximum absolute atomic E-state index is 12.8. The van der Waals surface area contributed by atoms with Crippen LogP contribution in [0.2, 0.25) is 0 Å². The molecule has 0 fully saturated rings. The predicted molar refractivity (Wildman–Crippen MR) is 107 cm³/mol. The van der Waals surface area contributed by atoms with E-state index >= 15 is 0 Å². The monoisotopic (exact) mass is 401 g/mol. The van der Waals surface area contributed by atoms with Crippen molar-refractivity contribution in [1.29, 1.82) is 0 Å². The molecule has 0 atom stereocenters. The number of aryl methyl sites for hydroxylation is 3. The first-order valence-electron chi connectivity index (χ1n) is 9.34. The van der Waals surface area contributed by atoms with E-state index in [1.54, 1.807) is 0 Å². The Morgan fingerprint density at radius 1 is 1.10 bits per heavy atom. The van der Waals surface area contributed by atoms with Crippen LogP contribution in [0.5, 0.6) is 0 Å². The first-order chi connectivity index (χ1) is 13.7. The van der Waals surface area contributed by atoms with Gasteiger partial charge in [0.2, 0.25) is 0 Å². The third kappa shape index (κ3) is 4.50. The van der Waals surface area contributed by atoms with Gasteiger partial charge in [-0.1, -0.05) is 37.1 Å². The largest absolute Gasteiger partial charge is 0.416 e. The molecule has 29 heavy (non-hydrogen) atoms. The Morgan fingerprint density at radius 3 is 2.38 bits per heavy atom. The summed E-state index contributed by atoms with van der Waals surface area (Å²) in [4.78, 5) is 12.7. The highest BCUT2D eigenvalue weighted by atomic mass is 19.4. The lowest BCUT2D eigenvalue weighted by Crippen LogP contribution is -2.14. The van der Waals surface area contributed by atoms with Crippen molar-refractivity contribution in [2.45, 2.75) is 39.8 Å². The van der Waals surface area contributed by atoms with Gasteiger partial charge in [0.05, 0.1) is 16.9 Å². The van der Waals surface area contributed by atoms with Crippen LogP contribution >= 0.6 is 0 Å². The van der Waals surface area contributed by atoms with Gasteiger partial charge in [-0.05, 0) is 50.1 Å². The Labute approximate surface area is 167 Å². The molecular weight excluding hydrogens is 379 g/mol. The molecule has 0 aliphatic heterocycles. The number of rotatable bonds is 5. The first kappa shape index (κ1) is 20.6. The highest BCUT2D eigenvalue weighted by Crippen LogP contribution is 2.33. The van der Waals surface area contributed by atoms with Crippen molar-refractivity contribution in [2.75, 3.05) is 5.32 Å². The molecule has 0 radical (unpaired) electrons. The molecule has 0 spiro atoms. The molecule has 0 unspecified atom stereocenters. The second-order valence-corrected chi connectivity index (χ2v) is 7.02. The molecule has 0 bridgehead atoms. The number of amides is 1. The molecular formula is C22H22F3N3O. The van der Waals surface area contributed by atoms with Crippen LogP contribution in [-0.4, -0.2) is 16.1 Å². The second kappa shape index (κ2) is 8.11. The fourth-order valence-corrected chi connectivity index (χ4v) is 3.21. The van der Waals surface area contributed by atoms with E-state index in [0.717, 1.165) is 40.9 Å². The highest BCUT2D eigenvalue weighted by molar-refractivity contribution is 6.06. The maximum Gasteiger partial charge on any atom is 0.416 e. The van der Waals surface area contributed by atoms with Gasteiger partial charge in [-0.25, -0.2) is 0 Å². The number of H-pyrrole nitrogens is 1. The summed E-state index contributed by atoms with van der Waals surface area (Å²) in [6.45, 7) is 5.98. The van der Waals surface area contributed by atoms with Crippen LogP contribution in [0.3, 0.4) is 0 Å². The number of nitrogens with one attached hydrogen (secondary N) is 2. The smallest absolute Gasteiger partial charge is 0.319 e. The van der Waals surface area contributed by atoms with Crippen molar-refractivity contribution in [3.8, 4) is 11.3 Å². The number of hydrogen-bond acceptors (Lipinski definition) is 2. The van der Waals surface area contributed by atoms with E-state index in [2.05, 4.69) is 15.5 Å². The van der Waals surface area contributed by atoms with Crippen molar-refractivity contribution in [3.05, 3.63) is 70.4 Å². The van der Waals surface area contributed by atoms with E-state index < -0.39 is 17.6 Å². The quantitative estimate of drug-likeness (QED) is 0.558. The van der Waals surface area contributed by atoms with Gasteiger partial charge in [0.1, 0.15) is 5.69 Å². The lowest BCUT2D eigenvalue weighted by molar-refractivity contribution is -0.137. The zero-order valence-electron chi connectivity index (χ0n) is 16.4. The van der Waals surface area contributed by atoms with Crippen molar-refractivity contribution in [1.82, 2.24) is 10.2 Å². The average molecular weight is 401 g/mol. The molecule has 1 heterocycles. The standard InChI is InChI=1S/C22H22F3N3O/c1-4-5-18-20(19(28-27-18)17-11-6-13(2)12-14(17)3)26-21(29)15-7-9-16(10-8-15)22(23,24)25/h6-12H,4-5H2,1-3H3,(H,26,29)(H,27,28). The minimum Gasteiger partial charge on any atom is -0.319 e. The molecule has 152 valence electrons.